The summed E-state index contributed by atoms with van der Waals surface area (Å²) >= 11 is 0. The Bertz CT molecular complexity index is 766. The molecule has 0 aliphatic carbocycles. The van der Waals surface area contributed by atoms with Gasteiger partial charge >= 0.3 is 0 Å². The molecule has 0 spiro atoms. The molecule has 2 heterocycles. The predicted octanol–water partition coefficient (Wildman–Crippen LogP) is 0.646. The van der Waals surface area contributed by atoms with Gasteiger partial charge in [-0.1, -0.05) is 0 Å². The van der Waals surface area contributed by atoms with Gasteiger partial charge in [-0.15, -0.1) is 0 Å². The highest BCUT2D eigenvalue weighted by atomic mass is 32.2. The lowest BCUT2D eigenvalue weighted by atomic mass is 10.4. The van der Waals surface area contributed by atoms with Crippen LogP contribution in [0.2, 0.25) is 0 Å². The van der Waals surface area contributed by atoms with Gasteiger partial charge in [-0.25, -0.2) is 13.4 Å². The normalized spacial score (nSPS) is 11.2. The number of nitrogens with two attached hydrogens (primary N) is 1. The molecule has 0 aliphatic heterocycles. The van der Waals surface area contributed by atoms with Crippen LogP contribution in [0.1, 0.15) is 6.92 Å². The molecule has 0 saturated heterocycles. The van der Waals surface area contributed by atoms with E-state index in [1.165, 1.54) is 41.2 Å². The SMILES string of the molecule is CCn1cc(NS(=O)(=O)c2ccc(N)nc2)ccc1=O. The van der Waals surface area contributed by atoms with Crippen molar-refractivity contribution in [3.05, 3.63) is 47.0 Å². The summed E-state index contributed by atoms with van der Waals surface area (Å²) in [5.41, 5.74) is 5.53. The lowest BCUT2D eigenvalue weighted by Crippen LogP contribution is -2.20. The van der Waals surface area contributed by atoms with Gasteiger partial charge in [0.05, 0.1) is 5.69 Å². The van der Waals surface area contributed by atoms with E-state index in [-0.39, 0.29) is 16.3 Å². The first kappa shape index (κ1) is 14.1. The van der Waals surface area contributed by atoms with E-state index in [9.17, 15) is 13.2 Å². The summed E-state index contributed by atoms with van der Waals surface area (Å²) in [6, 6.07) is 5.49. The largest absolute Gasteiger partial charge is 0.384 e. The van der Waals surface area contributed by atoms with E-state index in [0.717, 1.165) is 0 Å². The van der Waals surface area contributed by atoms with Crippen molar-refractivity contribution < 1.29 is 8.42 Å². The molecule has 0 bridgehead atoms. The third-order valence-electron chi connectivity index (χ3n) is 2.65. The van der Waals surface area contributed by atoms with Gasteiger partial charge < -0.3 is 10.3 Å². The third-order valence-corrected chi connectivity index (χ3v) is 4.01. The monoisotopic (exact) mass is 294 g/mol. The summed E-state index contributed by atoms with van der Waals surface area (Å²) in [7, 11) is -3.75. The lowest BCUT2D eigenvalue weighted by molar-refractivity contribution is 0.600. The molecule has 7 nitrogen and oxygen atoms in total. The van der Waals surface area contributed by atoms with Crippen LogP contribution in [-0.4, -0.2) is 18.0 Å². The number of sulfonamides is 1. The molecular formula is C12H14N4O3S. The Kier molecular flexibility index (Phi) is 3.75. The third kappa shape index (κ3) is 2.97. The Balaban J connectivity index is 2.33. The minimum absolute atomic E-state index is 0.000878. The Morgan fingerprint density at radius 3 is 2.65 bits per heavy atom. The van der Waals surface area contributed by atoms with E-state index in [0.29, 0.717) is 12.2 Å². The fraction of sp³-hybridized carbons (Fsp3) is 0.167. The van der Waals surface area contributed by atoms with Crippen LogP contribution < -0.4 is 16.0 Å². The predicted molar refractivity (Wildman–Crippen MR) is 75.8 cm³/mol. The first-order valence-corrected chi connectivity index (χ1v) is 7.35. The zero-order valence-corrected chi connectivity index (χ0v) is 11.6. The van der Waals surface area contributed by atoms with E-state index < -0.39 is 10.0 Å². The number of aryl methyl sites for hydroxylation is 1. The number of hydrogen-bond acceptors (Lipinski definition) is 5. The van der Waals surface area contributed by atoms with Gasteiger partial charge in [0.25, 0.3) is 15.6 Å². The highest BCUT2D eigenvalue weighted by molar-refractivity contribution is 7.92. The lowest BCUT2D eigenvalue weighted by Gasteiger charge is -2.09. The number of nitrogens with one attached hydrogen (secondary N) is 1. The molecule has 2 aromatic heterocycles. The molecule has 0 radical (unpaired) electrons. The molecule has 20 heavy (non-hydrogen) atoms. The van der Waals surface area contributed by atoms with E-state index in [4.69, 9.17) is 5.73 Å². The summed E-state index contributed by atoms with van der Waals surface area (Å²) < 4.78 is 28.0. The first-order chi connectivity index (χ1) is 9.42. The van der Waals surface area contributed by atoms with Crippen molar-refractivity contribution in [2.24, 2.45) is 0 Å². The number of aromatic nitrogens is 2. The minimum Gasteiger partial charge on any atom is -0.384 e. The summed E-state index contributed by atoms with van der Waals surface area (Å²) in [6.45, 7) is 2.25. The van der Waals surface area contributed by atoms with Crippen molar-refractivity contribution in [1.82, 2.24) is 9.55 Å². The quantitative estimate of drug-likeness (QED) is 0.860. The van der Waals surface area contributed by atoms with Crippen molar-refractivity contribution in [2.45, 2.75) is 18.4 Å². The van der Waals surface area contributed by atoms with Crippen LogP contribution in [0.25, 0.3) is 0 Å². The van der Waals surface area contributed by atoms with Crippen LogP contribution in [-0.2, 0) is 16.6 Å². The van der Waals surface area contributed by atoms with Crippen LogP contribution in [0.5, 0.6) is 0 Å². The molecule has 0 unspecified atom stereocenters. The molecule has 0 aromatic carbocycles. The van der Waals surface area contributed by atoms with E-state index in [2.05, 4.69) is 9.71 Å². The second kappa shape index (κ2) is 5.33. The number of pyridine rings is 2. The maximum Gasteiger partial charge on any atom is 0.263 e. The fourth-order valence-electron chi connectivity index (χ4n) is 1.60. The second-order valence-corrected chi connectivity index (χ2v) is 5.75. The molecule has 2 rings (SSSR count). The van der Waals surface area contributed by atoms with Crippen molar-refractivity contribution in [1.29, 1.82) is 0 Å². The average Bonchev–Trinajstić information content (AvgIpc) is 2.41. The average molecular weight is 294 g/mol. The molecule has 2 aromatic rings. The first-order valence-electron chi connectivity index (χ1n) is 5.87. The molecule has 0 fully saturated rings. The molecule has 106 valence electrons. The van der Waals surface area contributed by atoms with Gasteiger partial charge in [0, 0.05) is 25.0 Å². The van der Waals surface area contributed by atoms with Crippen LogP contribution >= 0.6 is 0 Å². The van der Waals surface area contributed by atoms with E-state index in [1.54, 1.807) is 6.92 Å². The van der Waals surface area contributed by atoms with Crippen LogP contribution in [0, 0.1) is 0 Å². The maximum atomic E-state index is 12.1. The second-order valence-electron chi connectivity index (χ2n) is 4.07. The number of nitrogens with zero attached hydrogens (tertiary/aromatic N) is 2. The maximum absolute atomic E-state index is 12.1. The Morgan fingerprint density at radius 1 is 1.30 bits per heavy atom. The van der Waals surface area contributed by atoms with Gasteiger partial charge in [0.15, 0.2) is 0 Å². The number of hydrogen-bond donors (Lipinski definition) is 2. The Labute approximate surface area is 116 Å². The van der Waals surface area contributed by atoms with Crippen molar-refractivity contribution in [3.63, 3.8) is 0 Å². The molecular weight excluding hydrogens is 280 g/mol. The van der Waals surface area contributed by atoms with Crippen LogP contribution in [0.3, 0.4) is 0 Å². The van der Waals surface area contributed by atoms with Crippen LogP contribution in [0.15, 0.2) is 46.3 Å². The summed E-state index contributed by atoms with van der Waals surface area (Å²) in [4.78, 5) is 15.2. The molecule has 0 amide bonds. The minimum atomic E-state index is -3.75. The van der Waals surface area contributed by atoms with Crippen LogP contribution in [0.4, 0.5) is 11.5 Å². The molecule has 8 heteroatoms. The van der Waals surface area contributed by atoms with Crippen molar-refractivity contribution in [3.8, 4) is 0 Å². The van der Waals surface area contributed by atoms with Gasteiger partial charge in [0.1, 0.15) is 10.7 Å². The van der Waals surface area contributed by atoms with E-state index in [1.807, 2.05) is 0 Å². The standard InChI is InChI=1S/C12H14N4O3S/c1-2-16-8-9(3-6-12(16)17)15-20(18,19)10-4-5-11(13)14-7-10/h3-8,15H,2H2,1H3,(H2,13,14). The van der Waals surface area contributed by atoms with Crippen molar-refractivity contribution >= 4 is 21.5 Å². The molecule has 0 aliphatic rings. The zero-order valence-electron chi connectivity index (χ0n) is 10.8. The molecule has 3 N–H and O–H groups in total. The highest BCUT2D eigenvalue weighted by Gasteiger charge is 2.14. The number of rotatable bonds is 4. The van der Waals surface area contributed by atoms with E-state index >= 15 is 0 Å². The zero-order chi connectivity index (χ0) is 14.8. The van der Waals surface area contributed by atoms with Gasteiger partial charge in [-0.05, 0) is 25.1 Å². The number of anilines is 2. The fourth-order valence-corrected chi connectivity index (χ4v) is 2.59. The summed E-state index contributed by atoms with van der Waals surface area (Å²) in [6.07, 6.45) is 2.62. The smallest absolute Gasteiger partial charge is 0.263 e. The molecule has 0 atom stereocenters. The summed E-state index contributed by atoms with van der Waals surface area (Å²) in [5.74, 6) is 0.239. The molecule has 0 saturated carbocycles. The summed E-state index contributed by atoms with van der Waals surface area (Å²) in [5, 5.41) is 0. The Morgan fingerprint density at radius 2 is 2.05 bits per heavy atom. The highest BCUT2D eigenvalue weighted by Crippen LogP contribution is 2.14. The Hall–Kier alpha value is -2.35. The van der Waals surface area contributed by atoms with Gasteiger partial charge in [-0.3, -0.25) is 9.52 Å². The number of nitrogen functional groups attached to an aromatic ring is 1. The topological polar surface area (TPSA) is 107 Å². The van der Waals surface area contributed by atoms with Gasteiger partial charge in [-0.2, -0.15) is 0 Å². The van der Waals surface area contributed by atoms with Crippen molar-refractivity contribution in [2.75, 3.05) is 10.5 Å². The van der Waals surface area contributed by atoms with Gasteiger partial charge in [0.2, 0.25) is 0 Å².